The molecule has 2 atom stereocenters. The molecular formula is C23H30FN3O3S. The zero-order valence-corrected chi connectivity index (χ0v) is 18.8. The van der Waals surface area contributed by atoms with Crippen molar-refractivity contribution in [2.45, 2.75) is 24.0 Å². The van der Waals surface area contributed by atoms with Crippen molar-refractivity contribution >= 4 is 23.4 Å². The summed E-state index contributed by atoms with van der Waals surface area (Å²) in [6.45, 7) is 5.11. The van der Waals surface area contributed by atoms with Crippen molar-refractivity contribution in [3.8, 4) is 5.75 Å². The van der Waals surface area contributed by atoms with Gasteiger partial charge < -0.3 is 15.2 Å². The van der Waals surface area contributed by atoms with Gasteiger partial charge in [-0.3, -0.25) is 14.6 Å². The predicted octanol–water partition coefficient (Wildman–Crippen LogP) is 2.93. The predicted molar refractivity (Wildman–Crippen MR) is 122 cm³/mol. The average Bonchev–Trinajstić information content (AvgIpc) is 2.75. The van der Waals surface area contributed by atoms with Crippen molar-refractivity contribution in [3.63, 3.8) is 0 Å². The number of carbonyl (C=O) groups excluding carboxylic acids is 1. The molecule has 31 heavy (non-hydrogen) atoms. The number of carbonyl (C=O) groups is 1. The molecule has 1 aliphatic heterocycles. The molecule has 1 amide bonds. The van der Waals surface area contributed by atoms with Crippen molar-refractivity contribution in [2.24, 2.45) is 0 Å². The Hall–Kier alpha value is -2.13. The molecule has 2 aromatic rings. The molecule has 1 saturated heterocycles. The minimum atomic E-state index is -0.722. The minimum absolute atomic E-state index is 0.0303. The Labute approximate surface area is 187 Å². The van der Waals surface area contributed by atoms with Gasteiger partial charge in [0.2, 0.25) is 5.91 Å². The van der Waals surface area contributed by atoms with E-state index in [2.05, 4.69) is 22.0 Å². The lowest BCUT2D eigenvalue weighted by Gasteiger charge is -2.40. The fourth-order valence-electron chi connectivity index (χ4n) is 3.66. The van der Waals surface area contributed by atoms with Crippen molar-refractivity contribution in [1.82, 2.24) is 9.80 Å². The number of nitrogens with one attached hydrogen (secondary N) is 1. The molecule has 6 nitrogen and oxygen atoms in total. The lowest BCUT2D eigenvalue weighted by atomic mass is 10.1. The number of para-hydroxylation sites is 1. The highest BCUT2D eigenvalue weighted by Gasteiger charge is 2.26. The first-order chi connectivity index (χ1) is 14.9. The van der Waals surface area contributed by atoms with Crippen LogP contribution in [0.4, 0.5) is 10.1 Å². The maximum absolute atomic E-state index is 13.6. The van der Waals surface area contributed by atoms with Gasteiger partial charge in [-0.05, 0) is 43.5 Å². The van der Waals surface area contributed by atoms with Gasteiger partial charge in [0.05, 0.1) is 6.54 Å². The normalized spacial score (nSPS) is 18.5. The van der Waals surface area contributed by atoms with Gasteiger partial charge >= 0.3 is 0 Å². The number of rotatable bonds is 9. The monoisotopic (exact) mass is 447 g/mol. The van der Waals surface area contributed by atoms with Gasteiger partial charge in [0.1, 0.15) is 12.7 Å². The second kappa shape index (κ2) is 11.5. The minimum Gasteiger partial charge on any atom is -0.488 e. The molecular weight excluding hydrogens is 417 g/mol. The highest BCUT2D eigenvalue weighted by molar-refractivity contribution is 7.98. The number of β-amino-alcohol motifs (C(OH)–C–C–N with tert-alkyl or cyclic N) is 1. The number of anilines is 1. The summed E-state index contributed by atoms with van der Waals surface area (Å²) in [5.41, 5.74) is 0.807. The number of ether oxygens (including phenoxy) is 1. The number of hydrogen-bond donors (Lipinski definition) is 2. The standard InChI is InChI=1S/C23H30FN3O3S/c1-17-13-26(15-23(29)25-18-6-5-7-20(12-18)31-2)10-11-27(17)14-19(28)16-30-22-9-4-3-8-21(22)24/h3-9,12,17,19,28H,10-11,13-16H2,1-2H3,(H,25,29)/t17-,19+/m0/s1. The number of aliphatic hydroxyl groups excluding tert-OH is 1. The van der Waals surface area contributed by atoms with Crippen molar-refractivity contribution in [2.75, 3.05) is 50.9 Å². The number of piperazine rings is 1. The van der Waals surface area contributed by atoms with E-state index >= 15 is 0 Å². The van der Waals surface area contributed by atoms with Crippen LogP contribution in [0.2, 0.25) is 0 Å². The van der Waals surface area contributed by atoms with Gasteiger partial charge in [-0.15, -0.1) is 11.8 Å². The number of nitrogens with zero attached hydrogens (tertiary/aromatic N) is 2. The molecule has 0 unspecified atom stereocenters. The first kappa shape index (κ1) is 23.5. The van der Waals surface area contributed by atoms with Crippen molar-refractivity contribution < 1.29 is 19.0 Å². The molecule has 1 fully saturated rings. The zero-order chi connectivity index (χ0) is 22.2. The molecule has 168 valence electrons. The molecule has 2 N–H and O–H groups in total. The van der Waals surface area contributed by atoms with E-state index in [-0.39, 0.29) is 24.3 Å². The lowest BCUT2D eigenvalue weighted by molar-refractivity contribution is -0.118. The molecule has 1 heterocycles. The van der Waals surface area contributed by atoms with E-state index in [4.69, 9.17) is 4.74 Å². The number of benzene rings is 2. The Morgan fingerprint density at radius 3 is 2.84 bits per heavy atom. The Bertz CT molecular complexity index is 869. The van der Waals surface area contributed by atoms with Crippen LogP contribution in [0.1, 0.15) is 6.92 Å². The molecule has 3 rings (SSSR count). The molecule has 1 aliphatic rings. The van der Waals surface area contributed by atoms with Gasteiger partial charge in [0.25, 0.3) is 0 Å². The summed E-state index contributed by atoms with van der Waals surface area (Å²) >= 11 is 1.64. The van der Waals surface area contributed by atoms with E-state index in [9.17, 15) is 14.3 Å². The molecule has 0 aliphatic carbocycles. The van der Waals surface area contributed by atoms with E-state index in [1.165, 1.54) is 6.07 Å². The first-order valence-electron chi connectivity index (χ1n) is 10.4. The maximum atomic E-state index is 13.6. The number of halogens is 1. The average molecular weight is 448 g/mol. The molecule has 0 saturated carbocycles. The van der Waals surface area contributed by atoms with Gasteiger partial charge in [-0.25, -0.2) is 4.39 Å². The highest BCUT2D eigenvalue weighted by atomic mass is 32.2. The SMILES string of the molecule is CSc1cccc(NC(=O)CN2CCN(C[C@@H](O)COc3ccccc3F)[C@@H](C)C2)c1. The fourth-order valence-corrected chi connectivity index (χ4v) is 4.12. The van der Waals surface area contributed by atoms with E-state index in [1.54, 1.807) is 30.0 Å². The Balaban J connectivity index is 1.41. The van der Waals surface area contributed by atoms with E-state index < -0.39 is 11.9 Å². The summed E-state index contributed by atoms with van der Waals surface area (Å²) in [7, 11) is 0. The summed E-state index contributed by atoms with van der Waals surface area (Å²) in [5.74, 6) is -0.319. The van der Waals surface area contributed by atoms with Gasteiger partial charge in [-0.1, -0.05) is 18.2 Å². The molecule has 0 aromatic heterocycles. The van der Waals surface area contributed by atoms with Crippen LogP contribution >= 0.6 is 11.8 Å². The van der Waals surface area contributed by atoms with Crippen LogP contribution in [-0.2, 0) is 4.79 Å². The Kier molecular flexibility index (Phi) is 8.71. The quantitative estimate of drug-likeness (QED) is 0.577. The zero-order valence-electron chi connectivity index (χ0n) is 18.0. The van der Waals surface area contributed by atoms with Crippen LogP contribution in [0, 0.1) is 5.82 Å². The third kappa shape index (κ3) is 7.21. The summed E-state index contributed by atoms with van der Waals surface area (Å²) in [6, 6.07) is 14.2. The summed E-state index contributed by atoms with van der Waals surface area (Å²) in [5, 5.41) is 13.3. The number of thioether (sulfide) groups is 1. The fraction of sp³-hybridized carbons (Fsp3) is 0.435. The van der Waals surface area contributed by atoms with Crippen LogP contribution in [0.15, 0.2) is 53.4 Å². The maximum Gasteiger partial charge on any atom is 0.238 e. The van der Waals surface area contributed by atoms with E-state index in [0.29, 0.717) is 13.1 Å². The molecule has 8 heteroatoms. The topological polar surface area (TPSA) is 65.0 Å². The van der Waals surface area contributed by atoms with Crippen LogP contribution in [0.25, 0.3) is 0 Å². The third-order valence-electron chi connectivity index (χ3n) is 5.28. The number of amides is 1. The van der Waals surface area contributed by atoms with Gasteiger partial charge in [0, 0.05) is 42.8 Å². The van der Waals surface area contributed by atoms with Gasteiger partial charge in [0.15, 0.2) is 11.6 Å². The largest absolute Gasteiger partial charge is 0.488 e. The van der Waals surface area contributed by atoms with Crippen LogP contribution < -0.4 is 10.1 Å². The smallest absolute Gasteiger partial charge is 0.238 e. The lowest BCUT2D eigenvalue weighted by Crippen LogP contribution is -2.55. The molecule has 0 radical (unpaired) electrons. The van der Waals surface area contributed by atoms with E-state index in [1.807, 2.05) is 30.5 Å². The van der Waals surface area contributed by atoms with Crippen molar-refractivity contribution in [1.29, 1.82) is 0 Å². The van der Waals surface area contributed by atoms with Gasteiger partial charge in [-0.2, -0.15) is 0 Å². The summed E-state index contributed by atoms with van der Waals surface area (Å²) < 4.78 is 19.0. The third-order valence-corrected chi connectivity index (χ3v) is 6.01. The Morgan fingerprint density at radius 1 is 1.29 bits per heavy atom. The highest BCUT2D eigenvalue weighted by Crippen LogP contribution is 2.19. The summed E-state index contributed by atoms with van der Waals surface area (Å²) in [4.78, 5) is 17.8. The van der Waals surface area contributed by atoms with E-state index in [0.717, 1.165) is 30.2 Å². The number of hydrogen-bond acceptors (Lipinski definition) is 6. The molecule has 2 aromatic carbocycles. The molecule has 0 bridgehead atoms. The second-order valence-electron chi connectivity index (χ2n) is 7.75. The van der Waals surface area contributed by atoms with Crippen LogP contribution in [-0.4, -0.2) is 78.5 Å². The van der Waals surface area contributed by atoms with Crippen LogP contribution in [0.5, 0.6) is 5.75 Å². The Morgan fingerprint density at radius 2 is 2.10 bits per heavy atom. The number of aliphatic hydroxyl groups is 1. The summed E-state index contributed by atoms with van der Waals surface area (Å²) in [6.07, 6.45) is 1.28. The molecule has 0 spiro atoms. The van der Waals surface area contributed by atoms with Crippen LogP contribution in [0.3, 0.4) is 0 Å². The van der Waals surface area contributed by atoms with Crippen molar-refractivity contribution in [3.05, 3.63) is 54.3 Å². The second-order valence-corrected chi connectivity index (χ2v) is 8.63. The first-order valence-corrected chi connectivity index (χ1v) is 11.6.